The van der Waals surface area contributed by atoms with Crippen LogP contribution in [0.3, 0.4) is 0 Å². The maximum absolute atomic E-state index is 12.7. The van der Waals surface area contributed by atoms with Crippen molar-refractivity contribution in [3.63, 3.8) is 0 Å². The van der Waals surface area contributed by atoms with Crippen molar-refractivity contribution < 1.29 is 18.3 Å². The number of halogens is 4. The maximum atomic E-state index is 12.7. The second kappa shape index (κ2) is 6.78. The van der Waals surface area contributed by atoms with E-state index in [1.54, 1.807) is 12.1 Å². The number of aliphatic hydroxyl groups excluding tert-OH is 1. The molecular weight excluding hydrogens is 327 g/mol. The first-order valence-electron chi connectivity index (χ1n) is 5.88. The highest BCUT2D eigenvalue weighted by Crippen LogP contribution is 2.34. The Morgan fingerprint density at radius 3 is 2.62 bits per heavy atom. The van der Waals surface area contributed by atoms with E-state index in [0.29, 0.717) is 11.3 Å². The third-order valence-corrected chi connectivity index (χ3v) is 3.91. The smallest absolute Gasteiger partial charge is 0.395 e. The van der Waals surface area contributed by atoms with Crippen LogP contribution < -0.4 is 5.73 Å². The van der Waals surface area contributed by atoms with Gasteiger partial charge in [0, 0.05) is 18.0 Å². The Balaban J connectivity index is 0.00000220. The minimum Gasteiger partial charge on any atom is -0.395 e. The van der Waals surface area contributed by atoms with Crippen LogP contribution in [0.15, 0.2) is 18.2 Å². The molecule has 21 heavy (non-hydrogen) atoms. The fourth-order valence-corrected chi connectivity index (χ4v) is 2.86. The molecule has 0 saturated heterocycles. The molecule has 0 saturated carbocycles. The lowest BCUT2D eigenvalue weighted by molar-refractivity contribution is -0.143. The molecule has 0 radical (unpaired) electrons. The molecule has 2 aromatic rings. The predicted octanol–water partition coefficient (Wildman–Crippen LogP) is 2.45. The Morgan fingerprint density at radius 2 is 2.10 bits per heavy atom. The fraction of sp³-hybridized carbons (Fsp3) is 0.417. The lowest BCUT2D eigenvalue weighted by Crippen LogP contribution is -2.26. The molecule has 4 nitrogen and oxygen atoms in total. The number of alkyl halides is 3. The largest absolute Gasteiger partial charge is 0.433 e. The first-order valence-corrected chi connectivity index (χ1v) is 6.69. The molecule has 3 N–H and O–H groups in total. The summed E-state index contributed by atoms with van der Waals surface area (Å²) in [6.07, 6.45) is -3.93. The SMILES string of the molecule is Cl.Cn1nc(-c2ccc(CC(N)CO)s2)cc1C(F)(F)F. The molecule has 1 atom stereocenters. The van der Waals surface area contributed by atoms with Gasteiger partial charge in [0.2, 0.25) is 0 Å². The van der Waals surface area contributed by atoms with Crippen LogP contribution >= 0.6 is 23.7 Å². The van der Waals surface area contributed by atoms with E-state index in [1.165, 1.54) is 18.4 Å². The van der Waals surface area contributed by atoms with Gasteiger partial charge in [-0.05, 0) is 24.6 Å². The molecule has 1 unspecified atom stereocenters. The number of hydrogen-bond donors (Lipinski definition) is 2. The number of thiophene rings is 1. The van der Waals surface area contributed by atoms with Gasteiger partial charge in [0.25, 0.3) is 0 Å². The molecule has 0 aromatic carbocycles. The van der Waals surface area contributed by atoms with Crippen LogP contribution in [-0.2, 0) is 19.6 Å². The molecule has 118 valence electrons. The van der Waals surface area contributed by atoms with Gasteiger partial charge in [-0.2, -0.15) is 18.3 Å². The number of aryl methyl sites for hydroxylation is 1. The zero-order valence-electron chi connectivity index (χ0n) is 11.1. The summed E-state index contributed by atoms with van der Waals surface area (Å²) >= 11 is 1.33. The highest BCUT2D eigenvalue weighted by molar-refractivity contribution is 7.15. The number of nitrogens with zero attached hydrogens (tertiary/aromatic N) is 2. The minimum absolute atomic E-state index is 0. The molecule has 0 aliphatic heterocycles. The predicted molar refractivity (Wildman–Crippen MR) is 77.5 cm³/mol. The van der Waals surface area contributed by atoms with Crippen molar-refractivity contribution in [3.05, 3.63) is 28.8 Å². The van der Waals surface area contributed by atoms with Crippen molar-refractivity contribution in [2.24, 2.45) is 12.8 Å². The average Bonchev–Trinajstić information content (AvgIpc) is 2.94. The summed E-state index contributed by atoms with van der Waals surface area (Å²) < 4.78 is 38.9. The van der Waals surface area contributed by atoms with Gasteiger partial charge in [0.05, 0.1) is 11.5 Å². The zero-order chi connectivity index (χ0) is 14.9. The molecule has 0 fully saturated rings. The summed E-state index contributed by atoms with van der Waals surface area (Å²) in [6.45, 7) is -0.130. The van der Waals surface area contributed by atoms with E-state index < -0.39 is 11.9 Å². The molecule has 0 bridgehead atoms. The summed E-state index contributed by atoms with van der Waals surface area (Å²) in [7, 11) is 1.27. The molecule has 2 rings (SSSR count). The Labute approximate surface area is 129 Å². The lowest BCUT2D eigenvalue weighted by atomic mass is 10.2. The van der Waals surface area contributed by atoms with E-state index in [4.69, 9.17) is 10.8 Å². The number of aromatic nitrogens is 2. The van der Waals surface area contributed by atoms with Gasteiger partial charge < -0.3 is 10.8 Å². The summed E-state index contributed by atoms with van der Waals surface area (Å²) in [6, 6.07) is 4.17. The summed E-state index contributed by atoms with van der Waals surface area (Å²) in [4.78, 5) is 1.55. The van der Waals surface area contributed by atoms with Crippen LogP contribution in [0.1, 0.15) is 10.6 Å². The Hall–Kier alpha value is -1.09. The number of aliphatic hydroxyl groups is 1. The summed E-state index contributed by atoms with van der Waals surface area (Å²) in [5.41, 5.74) is 5.13. The fourth-order valence-electron chi connectivity index (χ4n) is 1.80. The molecule has 0 aliphatic rings. The van der Waals surface area contributed by atoms with Crippen LogP contribution in [0.2, 0.25) is 0 Å². The number of hydrogen-bond acceptors (Lipinski definition) is 4. The molecular formula is C12H15ClF3N3OS. The van der Waals surface area contributed by atoms with Crippen LogP contribution in [0.25, 0.3) is 10.6 Å². The Morgan fingerprint density at radius 1 is 1.43 bits per heavy atom. The van der Waals surface area contributed by atoms with Crippen molar-refractivity contribution in [3.8, 4) is 10.6 Å². The van der Waals surface area contributed by atoms with Crippen molar-refractivity contribution in [2.45, 2.75) is 18.6 Å². The third-order valence-electron chi connectivity index (χ3n) is 2.78. The van der Waals surface area contributed by atoms with Crippen LogP contribution in [0.5, 0.6) is 0 Å². The van der Waals surface area contributed by atoms with E-state index in [2.05, 4.69) is 5.10 Å². The highest BCUT2D eigenvalue weighted by atomic mass is 35.5. The first-order chi connectivity index (χ1) is 9.31. The van der Waals surface area contributed by atoms with E-state index >= 15 is 0 Å². The Bertz CT molecular complexity index is 597. The second-order valence-corrected chi connectivity index (χ2v) is 5.62. The second-order valence-electron chi connectivity index (χ2n) is 4.45. The van der Waals surface area contributed by atoms with E-state index in [-0.39, 0.29) is 30.7 Å². The quantitative estimate of drug-likeness (QED) is 0.898. The molecule has 0 aliphatic carbocycles. The topological polar surface area (TPSA) is 64.1 Å². The van der Waals surface area contributed by atoms with Gasteiger partial charge in [-0.1, -0.05) is 0 Å². The minimum atomic E-state index is -4.42. The standard InChI is InChI=1S/C12H14F3N3OS.ClH/c1-18-11(12(13,14)15)5-9(17-18)10-3-2-8(20-10)4-7(16)6-19;/h2-3,5,7,19H,4,6,16H2,1H3;1H. The maximum Gasteiger partial charge on any atom is 0.433 e. The van der Waals surface area contributed by atoms with E-state index in [1.807, 2.05) is 0 Å². The van der Waals surface area contributed by atoms with Gasteiger partial charge in [-0.15, -0.1) is 23.7 Å². The van der Waals surface area contributed by atoms with Gasteiger partial charge in [0.1, 0.15) is 11.4 Å². The van der Waals surface area contributed by atoms with Gasteiger partial charge >= 0.3 is 6.18 Å². The molecule has 0 amide bonds. The molecule has 9 heteroatoms. The number of rotatable bonds is 4. The van der Waals surface area contributed by atoms with Gasteiger partial charge in [0.15, 0.2) is 0 Å². The monoisotopic (exact) mass is 341 g/mol. The normalized spacial score (nSPS) is 13.0. The Kier molecular flexibility index (Phi) is 5.80. The molecule has 0 spiro atoms. The van der Waals surface area contributed by atoms with E-state index in [0.717, 1.165) is 15.6 Å². The highest BCUT2D eigenvalue weighted by Gasteiger charge is 2.35. The van der Waals surface area contributed by atoms with Crippen molar-refractivity contribution in [1.29, 1.82) is 0 Å². The zero-order valence-corrected chi connectivity index (χ0v) is 12.7. The van der Waals surface area contributed by atoms with Crippen LogP contribution in [0, 0.1) is 0 Å². The summed E-state index contributed by atoms with van der Waals surface area (Å²) in [5.74, 6) is 0. The third kappa shape index (κ3) is 4.19. The van der Waals surface area contributed by atoms with Crippen LogP contribution in [0.4, 0.5) is 13.2 Å². The van der Waals surface area contributed by atoms with Crippen molar-refractivity contribution in [1.82, 2.24) is 9.78 Å². The van der Waals surface area contributed by atoms with Gasteiger partial charge in [-0.3, -0.25) is 4.68 Å². The van der Waals surface area contributed by atoms with E-state index in [9.17, 15) is 13.2 Å². The molecule has 2 heterocycles. The first kappa shape index (κ1) is 18.0. The van der Waals surface area contributed by atoms with Gasteiger partial charge in [-0.25, -0.2) is 0 Å². The number of nitrogens with two attached hydrogens (primary N) is 1. The van der Waals surface area contributed by atoms with Crippen molar-refractivity contribution in [2.75, 3.05) is 6.61 Å². The lowest BCUT2D eigenvalue weighted by Gasteiger charge is -2.04. The molecule has 2 aromatic heterocycles. The summed E-state index contributed by atoms with van der Waals surface area (Å²) in [5, 5.41) is 12.8. The van der Waals surface area contributed by atoms with Crippen LogP contribution in [-0.4, -0.2) is 27.5 Å². The van der Waals surface area contributed by atoms with Crippen molar-refractivity contribution >= 4 is 23.7 Å². The average molecular weight is 342 g/mol.